The number of hydrogen-bond acceptors (Lipinski definition) is 4. The van der Waals surface area contributed by atoms with Gasteiger partial charge in [-0.1, -0.05) is 32.4 Å². The van der Waals surface area contributed by atoms with Gasteiger partial charge >= 0.3 is 10.4 Å². The van der Waals surface area contributed by atoms with Gasteiger partial charge in [0.2, 0.25) is 0 Å². The fraction of sp³-hybridized carbons (Fsp3) is 0.455. The Labute approximate surface area is 107 Å². The van der Waals surface area contributed by atoms with E-state index in [0.29, 0.717) is 5.02 Å². The molecule has 4 nitrogen and oxygen atoms in total. The molecule has 17 heavy (non-hydrogen) atoms. The number of benzene rings is 1. The second-order valence-electron chi connectivity index (χ2n) is 4.77. The summed E-state index contributed by atoms with van der Waals surface area (Å²) in [5.74, 6) is 0.170. The van der Waals surface area contributed by atoms with Crippen LogP contribution in [0.15, 0.2) is 24.3 Å². The molecule has 0 atom stereocenters. The highest BCUT2D eigenvalue weighted by atomic mass is 35.5. The van der Waals surface area contributed by atoms with Gasteiger partial charge in [-0.05, 0) is 29.7 Å². The summed E-state index contributed by atoms with van der Waals surface area (Å²) in [5.41, 5.74) is -0.254. The third-order valence-corrected chi connectivity index (χ3v) is 2.70. The van der Waals surface area contributed by atoms with Gasteiger partial charge in [-0.15, -0.1) is 0 Å². The molecular weight excluding hydrogens is 264 g/mol. The lowest BCUT2D eigenvalue weighted by Gasteiger charge is -2.17. The normalized spacial score (nSPS) is 12.5. The van der Waals surface area contributed by atoms with Crippen LogP contribution in [0, 0.1) is 5.41 Å². The maximum Gasteiger partial charge on any atom is 0.449 e. The van der Waals surface area contributed by atoms with Crippen molar-refractivity contribution in [3.05, 3.63) is 29.3 Å². The van der Waals surface area contributed by atoms with Crippen molar-refractivity contribution in [1.29, 1.82) is 0 Å². The molecule has 1 aromatic rings. The molecule has 0 aliphatic rings. The van der Waals surface area contributed by atoms with Crippen LogP contribution in [0.4, 0.5) is 0 Å². The average Bonchev–Trinajstić information content (AvgIpc) is 2.18. The third kappa shape index (κ3) is 5.91. The molecule has 96 valence electrons. The Kier molecular flexibility index (Phi) is 4.41. The first kappa shape index (κ1) is 14.3. The number of rotatable bonds is 4. The molecule has 0 spiro atoms. The second kappa shape index (κ2) is 5.25. The second-order valence-corrected chi connectivity index (χ2v) is 6.42. The van der Waals surface area contributed by atoms with Gasteiger partial charge in [-0.3, -0.25) is 0 Å². The van der Waals surface area contributed by atoms with Crippen LogP contribution < -0.4 is 4.18 Å². The highest BCUT2D eigenvalue weighted by molar-refractivity contribution is 7.82. The quantitative estimate of drug-likeness (QED) is 0.849. The monoisotopic (exact) mass is 278 g/mol. The van der Waals surface area contributed by atoms with Crippen molar-refractivity contribution in [2.24, 2.45) is 5.41 Å². The van der Waals surface area contributed by atoms with Crippen molar-refractivity contribution >= 4 is 22.0 Å². The van der Waals surface area contributed by atoms with Gasteiger partial charge in [0, 0.05) is 5.02 Å². The highest BCUT2D eigenvalue weighted by Gasteiger charge is 2.19. The van der Waals surface area contributed by atoms with Crippen molar-refractivity contribution in [1.82, 2.24) is 0 Å². The molecule has 0 radical (unpaired) electrons. The highest BCUT2D eigenvalue weighted by Crippen LogP contribution is 2.19. The predicted molar refractivity (Wildman–Crippen MR) is 66.4 cm³/mol. The van der Waals surface area contributed by atoms with E-state index < -0.39 is 10.4 Å². The summed E-state index contributed by atoms with van der Waals surface area (Å²) in [6.07, 6.45) is 0. The standard InChI is InChI=1S/C11H15ClO4S/c1-11(2,3)8-15-17(13,14)16-10-6-4-9(12)5-7-10/h4-7H,8H2,1-3H3. The largest absolute Gasteiger partial charge is 0.449 e. The minimum absolute atomic E-state index is 0.0585. The van der Waals surface area contributed by atoms with Gasteiger partial charge in [-0.2, -0.15) is 8.42 Å². The molecule has 0 aromatic heterocycles. The van der Waals surface area contributed by atoms with E-state index in [1.807, 2.05) is 20.8 Å². The van der Waals surface area contributed by atoms with Crippen molar-refractivity contribution in [3.8, 4) is 5.75 Å². The molecule has 0 saturated heterocycles. The molecule has 0 saturated carbocycles. The smallest absolute Gasteiger partial charge is 0.362 e. The Bertz CT molecular complexity index is 459. The van der Waals surface area contributed by atoms with E-state index in [9.17, 15) is 8.42 Å². The molecule has 0 heterocycles. The van der Waals surface area contributed by atoms with Gasteiger partial charge < -0.3 is 4.18 Å². The predicted octanol–water partition coefficient (Wildman–Crippen LogP) is 3.03. The van der Waals surface area contributed by atoms with E-state index in [4.69, 9.17) is 20.0 Å². The molecule has 0 fully saturated rings. The van der Waals surface area contributed by atoms with E-state index in [1.54, 1.807) is 0 Å². The molecule has 0 aliphatic heterocycles. The maximum absolute atomic E-state index is 11.5. The van der Waals surface area contributed by atoms with Gasteiger partial charge in [0.1, 0.15) is 5.75 Å². The molecule has 1 aromatic carbocycles. The molecule has 6 heteroatoms. The van der Waals surface area contributed by atoms with Crippen molar-refractivity contribution in [3.63, 3.8) is 0 Å². The van der Waals surface area contributed by atoms with Gasteiger partial charge in [0.15, 0.2) is 0 Å². The fourth-order valence-corrected chi connectivity index (χ4v) is 1.90. The van der Waals surface area contributed by atoms with Crippen LogP contribution in [0.5, 0.6) is 5.75 Å². The summed E-state index contributed by atoms with van der Waals surface area (Å²) in [7, 11) is -4.02. The summed E-state index contributed by atoms with van der Waals surface area (Å²) < 4.78 is 32.4. The lowest BCUT2D eigenvalue weighted by molar-refractivity contribution is 0.184. The van der Waals surface area contributed by atoms with Crippen LogP contribution in [0.25, 0.3) is 0 Å². The maximum atomic E-state index is 11.5. The van der Waals surface area contributed by atoms with Crippen LogP contribution in [0.3, 0.4) is 0 Å². The first-order valence-corrected chi connectivity index (χ1v) is 6.73. The summed E-state index contributed by atoms with van der Waals surface area (Å²) in [6.45, 7) is 5.66. The van der Waals surface area contributed by atoms with E-state index in [2.05, 4.69) is 0 Å². The molecular formula is C11H15ClO4S. The van der Waals surface area contributed by atoms with E-state index >= 15 is 0 Å². The van der Waals surface area contributed by atoms with E-state index in [-0.39, 0.29) is 17.8 Å². The molecule has 0 unspecified atom stereocenters. The summed E-state index contributed by atoms with van der Waals surface area (Å²) >= 11 is 5.67. The minimum atomic E-state index is -4.02. The molecule has 0 bridgehead atoms. The Balaban J connectivity index is 2.64. The first-order chi connectivity index (χ1) is 7.68. The van der Waals surface area contributed by atoms with E-state index in [0.717, 1.165) is 0 Å². The van der Waals surface area contributed by atoms with Crippen LogP contribution in [-0.4, -0.2) is 15.0 Å². The molecule has 0 N–H and O–H groups in total. The molecule has 1 rings (SSSR count). The van der Waals surface area contributed by atoms with Gasteiger partial charge in [0.25, 0.3) is 0 Å². The van der Waals surface area contributed by atoms with Crippen molar-refractivity contribution in [2.45, 2.75) is 20.8 Å². The lowest BCUT2D eigenvalue weighted by Crippen LogP contribution is -2.21. The number of halogens is 1. The number of hydrogen-bond donors (Lipinski definition) is 0. The van der Waals surface area contributed by atoms with Crippen molar-refractivity contribution in [2.75, 3.05) is 6.61 Å². The Morgan fingerprint density at radius 3 is 2.18 bits per heavy atom. The average molecular weight is 279 g/mol. The zero-order valence-electron chi connectivity index (χ0n) is 9.94. The molecule has 0 aliphatic carbocycles. The molecule has 0 amide bonds. The lowest BCUT2D eigenvalue weighted by atomic mass is 9.99. The van der Waals surface area contributed by atoms with Crippen molar-refractivity contribution < 1.29 is 16.8 Å². The fourth-order valence-electron chi connectivity index (χ4n) is 0.881. The summed E-state index contributed by atoms with van der Waals surface area (Å²) in [4.78, 5) is 0. The van der Waals surface area contributed by atoms with Crippen LogP contribution >= 0.6 is 11.6 Å². The zero-order chi connectivity index (χ0) is 13.1. The van der Waals surface area contributed by atoms with Crippen LogP contribution in [0.2, 0.25) is 5.02 Å². The minimum Gasteiger partial charge on any atom is -0.362 e. The SMILES string of the molecule is CC(C)(C)COS(=O)(=O)Oc1ccc(Cl)cc1. The summed E-state index contributed by atoms with van der Waals surface area (Å²) in [6, 6.07) is 5.99. The third-order valence-electron chi connectivity index (χ3n) is 1.65. The first-order valence-electron chi connectivity index (χ1n) is 5.02. The van der Waals surface area contributed by atoms with Gasteiger partial charge in [0.05, 0.1) is 6.61 Å². The van der Waals surface area contributed by atoms with Crippen LogP contribution in [0.1, 0.15) is 20.8 Å². The zero-order valence-corrected chi connectivity index (χ0v) is 11.5. The van der Waals surface area contributed by atoms with Gasteiger partial charge in [-0.25, -0.2) is 4.18 Å². The Morgan fingerprint density at radius 2 is 1.71 bits per heavy atom. The van der Waals surface area contributed by atoms with E-state index in [1.165, 1.54) is 24.3 Å². The van der Waals surface area contributed by atoms with Crippen LogP contribution in [-0.2, 0) is 14.6 Å². The Hall–Kier alpha value is -0.780. The topological polar surface area (TPSA) is 52.6 Å². The summed E-state index contributed by atoms with van der Waals surface area (Å²) in [5, 5.41) is 0.505. The Morgan fingerprint density at radius 1 is 1.18 bits per heavy atom.